The van der Waals surface area contributed by atoms with Gasteiger partial charge in [0.1, 0.15) is 11.6 Å². The lowest BCUT2D eigenvalue weighted by Gasteiger charge is -2.22. The lowest BCUT2D eigenvalue weighted by atomic mass is 10.1. The highest BCUT2D eigenvalue weighted by Gasteiger charge is 2.29. The van der Waals surface area contributed by atoms with E-state index in [2.05, 4.69) is 10.3 Å². The first-order valence-electron chi connectivity index (χ1n) is 9.07. The monoisotopic (exact) mass is 389 g/mol. The van der Waals surface area contributed by atoms with E-state index in [1.807, 2.05) is 54.6 Å². The number of nitrogens with zero attached hydrogens (tertiary/aromatic N) is 2. The van der Waals surface area contributed by atoms with Crippen molar-refractivity contribution in [1.82, 2.24) is 10.3 Å². The molecule has 0 spiro atoms. The van der Waals surface area contributed by atoms with Gasteiger partial charge in [-0.3, -0.25) is 14.5 Å². The molecule has 140 valence electrons. The molecule has 0 atom stereocenters. The molecule has 2 aromatic carbocycles. The number of hydrogen-bond acceptors (Lipinski definition) is 4. The van der Waals surface area contributed by atoms with Gasteiger partial charge in [0.25, 0.3) is 5.91 Å². The lowest BCUT2D eigenvalue weighted by molar-refractivity contribution is -0.119. The summed E-state index contributed by atoms with van der Waals surface area (Å²) in [6, 6.07) is 21.0. The Kier molecular flexibility index (Phi) is 5.39. The molecule has 0 radical (unpaired) electrons. The van der Waals surface area contributed by atoms with Gasteiger partial charge >= 0.3 is 0 Å². The molecule has 3 aromatic rings. The van der Waals surface area contributed by atoms with Crippen LogP contribution in [0.2, 0.25) is 0 Å². The SMILES string of the molecule is O=C(CN1C(=O)c2ccccc2Sc2ncccc21)NCCc1ccccc1. The zero-order valence-electron chi connectivity index (χ0n) is 15.2. The molecule has 6 heteroatoms. The van der Waals surface area contributed by atoms with E-state index in [9.17, 15) is 9.59 Å². The molecule has 2 heterocycles. The number of fused-ring (bicyclic) bond motifs is 2. The van der Waals surface area contributed by atoms with Crippen molar-refractivity contribution in [1.29, 1.82) is 0 Å². The van der Waals surface area contributed by atoms with Crippen LogP contribution in [-0.4, -0.2) is 29.9 Å². The fourth-order valence-corrected chi connectivity index (χ4v) is 4.12. The highest BCUT2D eigenvalue weighted by molar-refractivity contribution is 7.99. The maximum atomic E-state index is 13.1. The molecule has 0 bridgehead atoms. The minimum atomic E-state index is -0.191. The largest absolute Gasteiger partial charge is 0.354 e. The standard InChI is InChI=1S/C22H19N3O2S/c26-20(23-14-12-16-7-2-1-3-8-16)15-25-18-10-6-13-24-21(18)28-19-11-5-4-9-17(19)22(25)27/h1-11,13H,12,14-15H2,(H,23,26). The van der Waals surface area contributed by atoms with Gasteiger partial charge < -0.3 is 5.32 Å². The van der Waals surface area contributed by atoms with Crippen LogP contribution in [0.5, 0.6) is 0 Å². The third-order valence-electron chi connectivity index (χ3n) is 4.49. The first-order chi connectivity index (χ1) is 13.7. The van der Waals surface area contributed by atoms with E-state index in [4.69, 9.17) is 0 Å². The van der Waals surface area contributed by atoms with Gasteiger partial charge in [-0.25, -0.2) is 4.98 Å². The van der Waals surface area contributed by atoms with Crippen LogP contribution in [0.15, 0.2) is 82.8 Å². The Morgan fingerprint density at radius 2 is 1.79 bits per heavy atom. The van der Waals surface area contributed by atoms with Crippen LogP contribution in [-0.2, 0) is 11.2 Å². The molecule has 1 aromatic heterocycles. The number of pyridine rings is 1. The van der Waals surface area contributed by atoms with Gasteiger partial charge in [-0.2, -0.15) is 0 Å². The molecule has 0 saturated heterocycles. The number of hydrogen-bond donors (Lipinski definition) is 1. The van der Waals surface area contributed by atoms with Crippen molar-refractivity contribution in [2.75, 3.05) is 18.0 Å². The van der Waals surface area contributed by atoms with Crippen LogP contribution < -0.4 is 10.2 Å². The number of benzene rings is 2. The molecule has 0 aliphatic carbocycles. The van der Waals surface area contributed by atoms with E-state index in [-0.39, 0.29) is 18.4 Å². The summed E-state index contributed by atoms with van der Waals surface area (Å²) >= 11 is 1.45. The van der Waals surface area contributed by atoms with E-state index in [0.29, 0.717) is 17.8 Å². The number of carbonyl (C=O) groups is 2. The van der Waals surface area contributed by atoms with Gasteiger partial charge in [0.2, 0.25) is 5.91 Å². The third kappa shape index (κ3) is 3.92. The number of aromatic nitrogens is 1. The Labute approximate surface area is 167 Å². The van der Waals surface area contributed by atoms with Crippen molar-refractivity contribution < 1.29 is 9.59 Å². The zero-order valence-corrected chi connectivity index (χ0v) is 16.0. The summed E-state index contributed by atoms with van der Waals surface area (Å²) in [6.07, 6.45) is 2.44. The number of amides is 2. The van der Waals surface area contributed by atoms with E-state index in [1.54, 1.807) is 18.3 Å². The molecule has 4 rings (SSSR count). The van der Waals surface area contributed by atoms with E-state index in [0.717, 1.165) is 21.9 Å². The summed E-state index contributed by atoms with van der Waals surface area (Å²) in [5.41, 5.74) is 2.41. The van der Waals surface area contributed by atoms with Gasteiger partial charge in [-0.05, 0) is 36.2 Å². The van der Waals surface area contributed by atoms with Crippen molar-refractivity contribution in [2.24, 2.45) is 0 Å². The van der Waals surface area contributed by atoms with Crippen LogP contribution in [0.1, 0.15) is 15.9 Å². The average Bonchev–Trinajstić information content (AvgIpc) is 2.84. The highest BCUT2D eigenvalue weighted by atomic mass is 32.2. The van der Waals surface area contributed by atoms with Crippen molar-refractivity contribution in [3.63, 3.8) is 0 Å². The molecular weight excluding hydrogens is 370 g/mol. The first-order valence-corrected chi connectivity index (χ1v) is 9.88. The van der Waals surface area contributed by atoms with E-state index >= 15 is 0 Å². The molecular formula is C22H19N3O2S. The summed E-state index contributed by atoms with van der Waals surface area (Å²) < 4.78 is 0. The molecule has 28 heavy (non-hydrogen) atoms. The molecule has 1 N–H and O–H groups in total. The predicted molar refractivity (Wildman–Crippen MR) is 110 cm³/mol. The molecule has 2 amide bonds. The molecule has 1 aliphatic rings. The van der Waals surface area contributed by atoms with Crippen molar-refractivity contribution in [2.45, 2.75) is 16.3 Å². The summed E-state index contributed by atoms with van der Waals surface area (Å²) in [5.74, 6) is -0.378. The third-order valence-corrected chi connectivity index (χ3v) is 5.58. The van der Waals surface area contributed by atoms with Crippen LogP contribution in [0, 0.1) is 0 Å². The Morgan fingerprint density at radius 3 is 2.64 bits per heavy atom. The summed E-state index contributed by atoms with van der Waals surface area (Å²) in [7, 11) is 0. The fourth-order valence-electron chi connectivity index (χ4n) is 3.11. The van der Waals surface area contributed by atoms with Gasteiger partial charge in [0.05, 0.1) is 11.3 Å². The van der Waals surface area contributed by atoms with E-state index < -0.39 is 0 Å². The molecule has 5 nitrogen and oxygen atoms in total. The first kappa shape index (κ1) is 18.3. The smallest absolute Gasteiger partial charge is 0.259 e. The predicted octanol–water partition coefficient (Wildman–Crippen LogP) is 3.55. The molecule has 1 aliphatic heterocycles. The van der Waals surface area contributed by atoms with Crippen molar-refractivity contribution in [3.8, 4) is 0 Å². The lowest BCUT2D eigenvalue weighted by Crippen LogP contribution is -2.41. The van der Waals surface area contributed by atoms with Gasteiger partial charge in [-0.1, -0.05) is 54.2 Å². The minimum Gasteiger partial charge on any atom is -0.354 e. The number of rotatable bonds is 5. The minimum absolute atomic E-state index is 0.0405. The van der Waals surface area contributed by atoms with Crippen molar-refractivity contribution >= 4 is 29.3 Å². The van der Waals surface area contributed by atoms with Crippen LogP contribution in [0.4, 0.5) is 5.69 Å². The zero-order chi connectivity index (χ0) is 19.3. The van der Waals surface area contributed by atoms with E-state index in [1.165, 1.54) is 16.7 Å². The Hall–Kier alpha value is -3.12. The second-order valence-corrected chi connectivity index (χ2v) is 7.43. The molecule has 0 fully saturated rings. The van der Waals surface area contributed by atoms with Crippen LogP contribution in [0.25, 0.3) is 0 Å². The Balaban J connectivity index is 1.51. The van der Waals surface area contributed by atoms with Gasteiger partial charge in [-0.15, -0.1) is 0 Å². The number of nitrogens with one attached hydrogen (secondary N) is 1. The number of anilines is 1. The second kappa shape index (κ2) is 8.27. The quantitative estimate of drug-likeness (QED) is 0.725. The number of carbonyl (C=O) groups excluding carboxylic acids is 2. The summed E-state index contributed by atoms with van der Waals surface area (Å²) in [4.78, 5) is 32.5. The topological polar surface area (TPSA) is 62.3 Å². The Morgan fingerprint density at radius 1 is 1.00 bits per heavy atom. The average molecular weight is 389 g/mol. The highest BCUT2D eigenvalue weighted by Crippen LogP contribution is 2.39. The Bertz CT molecular complexity index is 1010. The summed E-state index contributed by atoms with van der Waals surface area (Å²) in [6.45, 7) is 0.483. The van der Waals surface area contributed by atoms with Gasteiger partial charge in [0, 0.05) is 17.6 Å². The second-order valence-electron chi connectivity index (χ2n) is 6.40. The van der Waals surface area contributed by atoms with Gasteiger partial charge in [0.15, 0.2) is 0 Å². The molecule has 0 saturated carbocycles. The maximum absolute atomic E-state index is 13.1. The van der Waals surface area contributed by atoms with Crippen molar-refractivity contribution in [3.05, 3.63) is 84.1 Å². The molecule has 0 unspecified atom stereocenters. The maximum Gasteiger partial charge on any atom is 0.259 e. The fraction of sp³-hybridized carbons (Fsp3) is 0.136. The van der Waals surface area contributed by atoms with Crippen LogP contribution >= 0.6 is 11.8 Å². The van der Waals surface area contributed by atoms with Crippen LogP contribution in [0.3, 0.4) is 0 Å². The summed E-state index contributed by atoms with van der Waals surface area (Å²) in [5, 5.41) is 3.63. The normalized spacial score (nSPS) is 12.7.